The van der Waals surface area contributed by atoms with E-state index in [1.165, 1.54) is 0 Å². The summed E-state index contributed by atoms with van der Waals surface area (Å²) in [4.78, 5) is 31.7. The summed E-state index contributed by atoms with van der Waals surface area (Å²) in [5.41, 5.74) is 5.69. The van der Waals surface area contributed by atoms with Gasteiger partial charge in [0.2, 0.25) is 11.8 Å². The largest absolute Gasteiger partial charge is 0.326 e. The van der Waals surface area contributed by atoms with E-state index in [1.807, 2.05) is 68.6 Å². The number of nitrogens with zero attached hydrogens (tertiary/aromatic N) is 2. The summed E-state index contributed by atoms with van der Waals surface area (Å²) in [6.45, 7) is 6.41. The van der Waals surface area contributed by atoms with Gasteiger partial charge in [0.05, 0.1) is 16.6 Å². The SMILES string of the molecule is Cc1nc(-c2cccc(NC(=O)C3CC(=O)N(c4cccc(C)c4C)C3)c2)cs1. The highest BCUT2D eigenvalue weighted by Crippen LogP contribution is 2.30. The third kappa shape index (κ3) is 3.93. The molecule has 29 heavy (non-hydrogen) atoms. The molecule has 1 saturated heterocycles. The Bertz CT molecular complexity index is 1090. The van der Waals surface area contributed by atoms with E-state index >= 15 is 0 Å². The van der Waals surface area contributed by atoms with Gasteiger partial charge >= 0.3 is 0 Å². The molecular weight excluding hydrogens is 382 g/mol. The van der Waals surface area contributed by atoms with Gasteiger partial charge in [0, 0.05) is 35.3 Å². The first kappa shape index (κ1) is 19.3. The van der Waals surface area contributed by atoms with Gasteiger partial charge in [-0.15, -0.1) is 11.3 Å². The lowest BCUT2D eigenvalue weighted by Crippen LogP contribution is -2.28. The van der Waals surface area contributed by atoms with Crippen molar-refractivity contribution in [2.75, 3.05) is 16.8 Å². The Balaban J connectivity index is 1.48. The minimum absolute atomic E-state index is 0.00875. The molecule has 1 fully saturated rings. The Hall–Kier alpha value is -2.99. The number of carbonyl (C=O) groups is 2. The predicted molar refractivity (Wildman–Crippen MR) is 117 cm³/mol. The molecule has 6 heteroatoms. The predicted octanol–water partition coefficient (Wildman–Crippen LogP) is 4.73. The molecule has 1 aliphatic rings. The van der Waals surface area contributed by atoms with Gasteiger partial charge < -0.3 is 10.2 Å². The van der Waals surface area contributed by atoms with Crippen molar-refractivity contribution in [2.45, 2.75) is 27.2 Å². The lowest BCUT2D eigenvalue weighted by atomic mass is 10.1. The minimum Gasteiger partial charge on any atom is -0.326 e. The number of hydrogen-bond donors (Lipinski definition) is 1. The number of benzene rings is 2. The Labute approximate surface area is 174 Å². The molecule has 5 nitrogen and oxygen atoms in total. The van der Waals surface area contributed by atoms with Crippen LogP contribution in [0.1, 0.15) is 22.6 Å². The molecule has 0 radical (unpaired) electrons. The zero-order valence-electron chi connectivity index (χ0n) is 16.7. The van der Waals surface area contributed by atoms with Crippen LogP contribution in [0.5, 0.6) is 0 Å². The Morgan fingerprint density at radius 1 is 1.17 bits per heavy atom. The number of thiazole rings is 1. The second-order valence-corrected chi connectivity index (χ2v) is 8.51. The Morgan fingerprint density at radius 2 is 1.97 bits per heavy atom. The normalized spacial score (nSPS) is 16.3. The van der Waals surface area contributed by atoms with E-state index in [2.05, 4.69) is 10.3 Å². The third-order valence-electron chi connectivity index (χ3n) is 5.41. The van der Waals surface area contributed by atoms with Gasteiger partial charge in [0.25, 0.3) is 0 Å². The summed E-state index contributed by atoms with van der Waals surface area (Å²) in [6, 6.07) is 13.6. The molecule has 2 amide bonds. The van der Waals surface area contributed by atoms with Crippen molar-refractivity contribution in [1.29, 1.82) is 0 Å². The molecule has 1 aromatic heterocycles. The molecule has 1 aliphatic heterocycles. The summed E-state index contributed by atoms with van der Waals surface area (Å²) in [7, 11) is 0. The smallest absolute Gasteiger partial charge is 0.229 e. The quantitative estimate of drug-likeness (QED) is 0.683. The monoisotopic (exact) mass is 405 g/mol. The fraction of sp³-hybridized carbons (Fsp3) is 0.261. The van der Waals surface area contributed by atoms with Gasteiger partial charge in [-0.05, 0) is 50.1 Å². The average Bonchev–Trinajstić information content (AvgIpc) is 3.30. The van der Waals surface area contributed by atoms with Crippen LogP contribution in [0, 0.1) is 26.7 Å². The number of anilines is 2. The van der Waals surface area contributed by atoms with Crippen molar-refractivity contribution in [2.24, 2.45) is 5.92 Å². The third-order valence-corrected chi connectivity index (χ3v) is 6.18. The number of rotatable bonds is 4. The number of carbonyl (C=O) groups excluding carboxylic acids is 2. The second-order valence-electron chi connectivity index (χ2n) is 7.45. The van der Waals surface area contributed by atoms with Crippen LogP contribution in [-0.4, -0.2) is 23.3 Å². The van der Waals surface area contributed by atoms with Gasteiger partial charge in [0.1, 0.15) is 0 Å². The molecule has 148 valence electrons. The van der Waals surface area contributed by atoms with Crippen LogP contribution in [0.3, 0.4) is 0 Å². The zero-order valence-corrected chi connectivity index (χ0v) is 17.5. The molecular formula is C23H23N3O2S. The highest BCUT2D eigenvalue weighted by atomic mass is 32.1. The summed E-state index contributed by atoms with van der Waals surface area (Å²) in [5, 5.41) is 5.99. The number of nitrogens with one attached hydrogen (secondary N) is 1. The molecule has 3 aromatic rings. The number of hydrogen-bond acceptors (Lipinski definition) is 4. The number of aryl methyl sites for hydroxylation is 2. The summed E-state index contributed by atoms with van der Waals surface area (Å²) < 4.78 is 0. The van der Waals surface area contributed by atoms with Crippen molar-refractivity contribution >= 4 is 34.5 Å². The standard InChI is InChI=1S/C23H23N3O2S/c1-14-6-4-9-21(15(14)2)26-12-18(11-22(26)27)23(28)25-19-8-5-7-17(10-19)20-13-29-16(3)24-20/h4-10,13,18H,11-12H2,1-3H3,(H,25,28). The molecule has 1 N–H and O–H groups in total. The van der Waals surface area contributed by atoms with Crippen LogP contribution in [0.15, 0.2) is 47.8 Å². The maximum Gasteiger partial charge on any atom is 0.229 e. The topological polar surface area (TPSA) is 62.3 Å². The van der Waals surface area contributed by atoms with E-state index < -0.39 is 0 Å². The number of aromatic nitrogens is 1. The fourth-order valence-corrected chi connectivity index (χ4v) is 4.26. The van der Waals surface area contributed by atoms with E-state index in [1.54, 1.807) is 16.2 Å². The second kappa shape index (κ2) is 7.79. The molecule has 2 heterocycles. The van der Waals surface area contributed by atoms with Crippen molar-refractivity contribution in [3.63, 3.8) is 0 Å². The minimum atomic E-state index is -0.368. The maximum atomic E-state index is 12.8. The van der Waals surface area contributed by atoms with E-state index in [9.17, 15) is 9.59 Å². The van der Waals surface area contributed by atoms with Crippen molar-refractivity contribution in [3.8, 4) is 11.3 Å². The molecule has 2 aromatic carbocycles. The molecule has 0 spiro atoms. The van der Waals surface area contributed by atoms with Crippen LogP contribution in [0.2, 0.25) is 0 Å². The lowest BCUT2D eigenvalue weighted by molar-refractivity contribution is -0.122. The zero-order chi connectivity index (χ0) is 20.5. The van der Waals surface area contributed by atoms with Gasteiger partial charge in [-0.2, -0.15) is 0 Å². The van der Waals surface area contributed by atoms with Crippen LogP contribution >= 0.6 is 11.3 Å². The van der Waals surface area contributed by atoms with Crippen LogP contribution in [-0.2, 0) is 9.59 Å². The summed E-state index contributed by atoms with van der Waals surface area (Å²) in [5.74, 6) is -0.504. The molecule has 1 atom stereocenters. The van der Waals surface area contributed by atoms with Crippen molar-refractivity contribution in [3.05, 3.63) is 64.0 Å². The molecule has 0 saturated carbocycles. The maximum absolute atomic E-state index is 12.8. The van der Waals surface area contributed by atoms with Crippen LogP contribution in [0.25, 0.3) is 11.3 Å². The van der Waals surface area contributed by atoms with Crippen molar-refractivity contribution in [1.82, 2.24) is 4.98 Å². The van der Waals surface area contributed by atoms with Gasteiger partial charge in [-0.3, -0.25) is 9.59 Å². The lowest BCUT2D eigenvalue weighted by Gasteiger charge is -2.20. The van der Waals surface area contributed by atoms with E-state index in [-0.39, 0.29) is 24.2 Å². The molecule has 4 rings (SSSR count). The first-order valence-corrected chi connectivity index (χ1v) is 10.5. The summed E-state index contributed by atoms with van der Waals surface area (Å²) in [6.07, 6.45) is 0.226. The average molecular weight is 406 g/mol. The van der Waals surface area contributed by atoms with Gasteiger partial charge in [0.15, 0.2) is 0 Å². The van der Waals surface area contributed by atoms with E-state index in [0.717, 1.165) is 38.8 Å². The van der Waals surface area contributed by atoms with E-state index in [0.29, 0.717) is 6.54 Å². The van der Waals surface area contributed by atoms with Gasteiger partial charge in [-0.25, -0.2) is 4.98 Å². The van der Waals surface area contributed by atoms with Gasteiger partial charge in [-0.1, -0.05) is 24.3 Å². The fourth-order valence-electron chi connectivity index (χ4n) is 3.64. The summed E-state index contributed by atoms with van der Waals surface area (Å²) >= 11 is 1.60. The highest BCUT2D eigenvalue weighted by molar-refractivity contribution is 7.09. The Morgan fingerprint density at radius 3 is 2.72 bits per heavy atom. The molecule has 1 unspecified atom stereocenters. The number of amides is 2. The molecule has 0 bridgehead atoms. The first-order valence-electron chi connectivity index (χ1n) is 9.62. The van der Waals surface area contributed by atoms with Crippen LogP contribution < -0.4 is 10.2 Å². The van der Waals surface area contributed by atoms with Crippen LogP contribution in [0.4, 0.5) is 11.4 Å². The first-order chi connectivity index (χ1) is 13.9. The molecule has 0 aliphatic carbocycles. The highest BCUT2D eigenvalue weighted by Gasteiger charge is 2.35. The Kier molecular flexibility index (Phi) is 5.20. The van der Waals surface area contributed by atoms with E-state index in [4.69, 9.17) is 0 Å². The van der Waals surface area contributed by atoms with Crippen molar-refractivity contribution < 1.29 is 9.59 Å².